The largest absolute Gasteiger partial charge is 0.461 e. The Kier molecular flexibility index (Phi) is 4.33. The Bertz CT molecular complexity index is 424. The SMILES string of the molecule is CCOC(=O)c1ncc(CN)c(N)c1C(F)F. The molecule has 0 aliphatic carbocycles. The minimum Gasteiger partial charge on any atom is -0.461 e. The standard InChI is InChI=1S/C10H13F2N3O2/c1-2-17-10(16)8-6(9(11)12)7(14)5(3-13)4-15-8/h4,9H,2-3,13H2,1H3,(H2,14,15). The fourth-order valence-corrected chi connectivity index (χ4v) is 1.33. The number of carbonyl (C=O) groups is 1. The lowest BCUT2D eigenvalue weighted by Crippen LogP contribution is -2.15. The quantitative estimate of drug-likeness (QED) is 0.778. The van der Waals surface area contributed by atoms with Crippen molar-refractivity contribution in [3.8, 4) is 0 Å². The number of nitrogens with two attached hydrogens (primary N) is 2. The molecule has 0 atom stereocenters. The molecule has 0 fully saturated rings. The Morgan fingerprint density at radius 2 is 2.24 bits per heavy atom. The van der Waals surface area contributed by atoms with Crippen molar-refractivity contribution in [1.29, 1.82) is 0 Å². The predicted octanol–water partition coefficient (Wildman–Crippen LogP) is 1.24. The second-order valence-electron chi connectivity index (χ2n) is 3.18. The number of alkyl halides is 2. The van der Waals surface area contributed by atoms with E-state index in [0.717, 1.165) is 0 Å². The third-order valence-corrected chi connectivity index (χ3v) is 2.15. The minimum absolute atomic E-state index is 0.0261. The Balaban J connectivity index is 3.31. The van der Waals surface area contributed by atoms with Gasteiger partial charge in [-0.15, -0.1) is 0 Å². The molecule has 0 saturated carbocycles. The molecule has 0 radical (unpaired) electrons. The van der Waals surface area contributed by atoms with E-state index in [1.165, 1.54) is 6.20 Å². The summed E-state index contributed by atoms with van der Waals surface area (Å²) in [5.74, 6) is -0.918. The average molecular weight is 245 g/mol. The molecule has 1 aromatic rings. The molecule has 0 bridgehead atoms. The van der Waals surface area contributed by atoms with Gasteiger partial charge in [-0.1, -0.05) is 0 Å². The number of nitrogen functional groups attached to an aromatic ring is 1. The van der Waals surface area contributed by atoms with Crippen LogP contribution in [-0.2, 0) is 11.3 Å². The van der Waals surface area contributed by atoms with E-state index < -0.39 is 23.7 Å². The van der Waals surface area contributed by atoms with Gasteiger partial charge >= 0.3 is 5.97 Å². The summed E-state index contributed by atoms with van der Waals surface area (Å²) in [6, 6.07) is 0. The smallest absolute Gasteiger partial charge is 0.357 e. The Morgan fingerprint density at radius 3 is 2.71 bits per heavy atom. The van der Waals surface area contributed by atoms with Gasteiger partial charge in [-0.05, 0) is 6.92 Å². The second-order valence-corrected chi connectivity index (χ2v) is 3.18. The molecule has 0 unspecified atom stereocenters. The van der Waals surface area contributed by atoms with E-state index in [1.807, 2.05) is 0 Å². The summed E-state index contributed by atoms with van der Waals surface area (Å²) in [5.41, 5.74) is 9.83. The van der Waals surface area contributed by atoms with E-state index in [1.54, 1.807) is 6.92 Å². The molecule has 0 aromatic carbocycles. The highest BCUT2D eigenvalue weighted by Crippen LogP contribution is 2.30. The number of anilines is 1. The summed E-state index contributed by atoms with van der Waals surface area (Å²) >= 11 is 0. The molecule has 0 aliphatic heterocycles. The average Bonchev–Trinajstić information content (AvgIpc) is 2.28. The number of ether oxygens (including phenoxy) is 1. The maximum Gasteiger partial charge on any atom is 0.357 e. The van der Waals surface area contributed by atoms with E-state index in [0.29, 0.717) is 0 Å². The fourth-order valence-electron chi connectivity index (χ4n) is 1.33. The molecule has 1 heterocycles. The summed E-state index contributed by atoms with van der Waals surface area (Å²) in [5, 5.41) is 0. The van der Waals surface area contributed by atoms with Crippen LogP contribution in [0.1, 0.15) is 35.0 Å². The highest BCUT2D eigenvalue weighted by Gasteiger charge is 2.25. The van der Waals surface area contributed by atoms with E-state index in [2.05, 4.69) is 9.72 Å². The van der Waals surface area contributed by atoms with Crippen LogP contribution in [0, 0.1) is 0 Å². The molecule has 7 heteroatoms. The number of pyridine rings is 1. The normalized spacial score (nSPS) is 10.6. The first-order chi connectivity index (χ1) is 8.02. The summed E-state index contributed by atoms with van der Waals surface area (Å²) in [6.07, 6.45) is -1.71. The molecule has 0 spiro atoms. The third-order valence-electron chi connectivity index (χ3n) is 2.15. The van der Waals surface area contributed by atoms with E-state index in [4.69, 9.17) is 11.5 Å². The zero-order chi connectivity index (χ0) is 13.0. The highest BCUT2D eigenvalue weighted by molar-refractivity contribution is 5.91. The molecule has 17 heavy (non-hydrogen) atoms. The lowest BCUT2D eigenvalue weighted by Gasteiger charge is -2.12. The van der Waals surface area contributed by atoms with Crippen molar-refractivity contribution < 1.29 is 18.3 Å². The molecule has 4 N–H and O–H groups in total. The van der Waals surface area contributed by atoms with Gasteiger partial charge in [0.2, 0.25) is 0 Å². The van der Waals surface area contributed by atoms with Crippen LogP contribution in [0.5, 0.6) is 0 Å². The number of hydrogen-bond acceptors (Lipinski definition) is 5. The highest BCUT2D eigenvalue weighted by atomic mass is 19.3. The van der Waals surface area contributed by atoms with Gasteiger partial charge in [-0.2, -0.15) is 0 Å². The zero-order valence-corrected chi connectivity index (χ0v) is 9.24. The summed E-state index contributed by atoms with van der Waals surface area (Å²) in [4.78, 5) is 15.1. The second kappa shape index (κ2) is 5.53. The number of nitrogens with zero attached hydrogens (tertiary/aromatic N) is 1. The molecule has 94 valence electrons. The molecule has 1 rings (SSSR count). The number of carbonyl (C=O) groups excluding carboxylic acids is 1. The Hall–Kier alpha value is -1.76. The number of hydrogen-bond donors (Lipinski definition) is 2. The van der Waals surface area contributed by atoms with Gasteiger partial charge in [0.1, 0.15) is 0 Å². The molecule has 5 nitrogen and oxygen atoms in total. The summed E-state index contributed by atoms with van der Waals surface area (Å²) in [6.45, 7) is 1.61. The summed E-state index contributed by atoms with van der Waals surface area (Å²) in [7, 11) is 0. The molecular formula is C10H13F2N3O2. The van der Waals surface area contributed by atoms with E-state index in [-0.39, 0.29) is 24.4 Å². The van der Waals surface area contributed by atoms with Crippen LogP contribution in [0.2, 0.25) is 0 Å². The fraction of sp³-hybridized carbons (Fsp3) is 0.400. The van der Waals surface area contributed by atoms with Gasteiger partial charge in [0.15, 0.2) is 5.69 Å². The van der Waals surface area contributed by atoms with Gasteiger partial charge in [-0.25, -0.2) is 18.6 Å². The molecule has 0 amide bonds. The van der Waals surface area contributed by atoms with Crippen LogP contribution in [-0.4, -0.2) is 17.6 Å². The third kappa shape index (κ3) is 2.68. The van der Waals surface area contributed by atoms with Crippen LogP contribution in [0.15, 0.2) is 6.20 Å². The number of rotatable bonds is 4. The first kappa shape index (κ1) is 13.3. The van der Waals surface area contributed by atoms with Gasteiger partial charge < -0.3 is 16.2 Å². The number of esters is 1. The number of aromatic nitrogens is 1. The van der Waals surface area contributed by atoms with Crippen molar-refractivity contribution in [3.63, 3.8) is 0 Å². The van der Waals surface area contributed by atoms with Crippen molar-refractivity contribution >= 4 is 11.7 Å². The lowest BCUT2D eigenvalue weighted by atomic mass is 10.1. The monoisotopic (exact) mass is 245 g/mol. The van der Waals surface area contributed by atoms with Crippen molar-refractivity contribution in [2.75, 3.05) is 12.3 Å². The lowest BCUT2D eigenvalue weighted by molar-refractivity contribution is 0.0508. The van der Waals surface area contributed by atoms with Gasteiger partial charge in [0.25, 0.3) is 6.43 Å². The Morgan fingerprint density at radius 1 is 1.59 bits per heavy atom. The number of halogens is 2. The molecular weight excluding hydrogens is 232 g/mol. The van der Waals surface area contributed by atoms with Gasteiger partial charge in [0.05, 0.1) is 12.2 Å². The molecule has 0 aliphatic rings. The van der Waals surface area contributed by atoms with Crippen LogP contribution in [0.3, 0.4) is 0 Å². The molecule has 0 saturated heterocycles. The minimum atomic E-state index is -2.91. The predicted molar refractivity (Wildman–Crippen MR) is 57.5 cm³/mol. The van der Waals surface area contributed by atoms with E-state index in [9.17, 15) is 13.6 Å². The zero-order valence-electron chi connectivity index (χ0n) is 9.24. The van der Waals surface area contributed by atoms with Crippen molar-refractivity contribution in [3.05, 3.63) is 23.0 Å². The van der Waals surface area contributed by atoms with Crippen LogP contribution in [0.25, 0.3) is 0 Å². The van der Waals surface area contributed by atoms with Crippen molar-refractivity contribution in [2.24, 2.45) is 5.73 Å². The van der Waals surface area contributed by atoms with E-state index >= 15 is 0 Å². The van der Waals surface area contributed by atoms with Crippen LogP contribution < -0.4 is 11.5 Å². The first-order valence-electron chi connectivity index (χ1n) is 4.95. The summed E-state index contributed by atoms with van der Waals surface area (Å²) < 4.78 is 30.3. The van der Waals surface area contributed by atoms with Crippen molar-refractivity contribution in [2.45, 2.75) is 19.9 Å². The maximum atomic E-state index is 12.8. The van der Waals surface area contributed by atoms with Gasteiger partial charge in [0, 0.05) is 24.0 Å². The maximum absolute atomic E-state index is 12.8. The molecule has 1 aromatic heterocycles. The van der Waals surface area contributed by atoms with Gasteiger partial charge in [-0.3, -0.25) is 0 Å². The van der Waals surface area contributed by atoms with Crippen molar-refractivity contribution in [1.82, 2.24) is 4.98 Å². The Labute approximate surface area is 96.8 Å². The van der Waals surface area contributed by atoms with Crippen LogP contribution >= 0.6 is 0 Å². The first-order valence-corrected chi connectivity index (χ1v) is 4.95. The topological polar surface area (TPSA) is 91.2 Å². The van der Waals surface area contributed by atoms with Crippen LogP contribution in [0.4, 0.5) is 14.5 Å².